The quantitative estimate of drug-likeness (QED) is 0.292. The lowest BCUT2D eigenvalue weighted by molar-refractivity contribution is 0.0926. The number of hydrogen-bond acceptors (Lipinski definition) is 3. The number of guanidine groups is 1. The Kier molecular flexibility index (Phi) is 5.90. The number of rotatable bonds is 5. The summed E-state index contributed by atoms with van der Waals surface area (Å²) in [6.07, 6.45) is 6.57. The van der Waals surface area contributed by atoms with Crippen LogP contribution in [-0.4, -0.2) is 38.5 Å². The van der Waals surface area contributed by atoms with Crippen molar-refractivity contribution < 1.29 is 9.21 Å². The number of furan rings is 1. The monoisotopic (exact) mass is 248 g/mol. The number of nitrogens with one attached hydrogen (secondary N) is 3. The number of nitrogens with zero attached hydrogens (tertiary/aromatic N) is 1. The Morgan fingerprint density at radius 1 is 1.44 bits per heavy atom. The van der Waals surface area contributed by atoms with Crippen LogP contribution in [0.25, 0.3) is 0 Å². The van der Waals surface area contributed by atoms with Gasteiger partial charge in [0.15, 0.2) is 11.7 Å². The summed E-state index contributed by atoms with van der Waals surface area (Å²) in [5.41, 5.74) is 0. The molecule has 1 aromatic rings. The molecule has 0 fully saturated rings. The molecular formula is C12H16N4O2. The molecule has 0 atom stereocenters. The molecule has 1 rings (SSSR count). The zero-order valence-corrected chi connectivity index (χ0v) is 10.2. The first-order valence-corrected chi connectivity index (χ1v) is 5.47. The first-order chi connectivity index (χ1) is 8.77. The summed E-state index contributed by atoms with van der Waals surface area (Å²) in [6.45, 7) is 1.39. The van der Waals surface area contributed by atoms with E-state index >= 15 is 0 Å². The first-order valence-electron chi connectivity index (χ1n) is 5.47. The molecule has 0 aliphatic rings. The molecule has 18 heavy (non-hydrogen) atoms. The van der Waals surface area contributed by atoms with Crippen molar-refractivity contribution in [3.63, 3.8) is 0 Å². The third kappa shape index (κ3) is 4.61. The Balaban J connectivity index is 2.18. The van der Waals surface area contributed by atoms with Crippen LogP contribution in [0.15, 0.2) is 27.8 Å². The van der Waals surface area contributed by atoms with E-state index in [1.54, 1.807) is 19.2 Å². The van der Waals surface area contributed by atoms with Crippen LogP contribution < -0.4 is 16.0 Å². The van der Waals surface area contributed by atoms with E-state index in [1.807, 2.05) is 0 Å². The molecule has 0 aromatic carbocycles. The van der Waals surface area contributed by atoms with Crippen LogP contribution in [0.4, 0.5) is 0 Å². The number of hydrogen-bond donors (Lipinski definition) is 3. The SMILES string of the molecule is C#CCNC(=NC)NCCNC(=O)c1ccco1. The van der Waals surface area contributed by atoms with Crippen molar-refractivity contribution in [2.24, 2.45) is 4.99 Å². The van der Waals surface area contributed by atoms with Crippen molar-refractivity contribution in [1.29, 1.82) is 0 Å². The molecule has 1 amide bonds. The summed E-state index contributed by atoms with van der Waals surface area (Å²) >= 11 is 0. The molecule has 0 spiro atoms. The van der Waals surface area contributed by atoms with Crippen LogP contribution in [0.3, 0.4) is 0 Å². The van der Waals surface area contributed by atoms with Gasteiger partial charge in [0.1, 0.15) is 0 Å². The minimum Gasteiger partial charge on any atom is -0.459 e. The standard InChI is InChI=1S/C12H16N4O2/c1-3-6-15-12(13-2)16-8-7-14-11(17)10-5-4-9-18-10/h1,4-5,9H,6-8H2,2H3,(H,14,17)(H2,13,15,16). The van der Waals surface area contributed by atoms with Gasteiger partial charge in [-0.3, -0.25) is 9.79 Å². The van der Waals surface area contributed by atoms with E-state index in [0.717, 1.165) is 0 Å². The molecule has 0 unspecified atom stereocenters. The maximum Gasteiger partial charge on any atom is 0.287 e. The Bertz CT molecular complexity index is 431. The van der Waals surface area contributed by atoms with Crippen LogP contribution in [0.5, 0.6) is 0 Å². The molecule has 0 saturated carbocycles. The second kappa shape index (κ2) is 7.79. The van der Waals surface area contributed by atoms with Gasteiger partial charge >= 0.3 is 0 Å². The largest absolute Gasteiger partial charge is 0.459 e. The van der Waals surface area contributed by atoms with Gasteiger partial charge in [0.25, 0.3) is 5.91 Å². The lowest BCUT2D eigenvalue weighted by Gasteiger charge is -2.09. The molecular weight excluding hydrogens is 232 g/mol. The van der Waals surface area contributed by atoms with Crippen molar-refractivity contribution in [3.05, 3.63) is 24.2 Å². The fourth-order valence-electron chi connectivity index (χ4n) is 1.21. The van der Waals surface area contributed by atoms with Gasteiger partial charge in [-0.1, -0.05) is 5.92 Å². The second-order valence-corrected chi connectivity index (χ2v) is 3.29. The van der Waals surface area contributed by atoms with Crippen molar-refractivity contribution in [3.8, 4) is 12.3 Å². The van der Waals surface area contributed by atoms with E-state index in [-0.39, 0.29) is 5.91 Å². The molecule has 0 saturated heterocycles. The average Bonchev–Trinajstić information content (AvgIpc) is 2.91. The Morgan fingerprint density at radius 2 is 2.22 bits per heavy atom. The Morgan fingerprint density at radius 3 is 2.83 bits per heavy atom. The minimum absolute atomic E-state index is 0.242. The molecule has 96 valence electrons. The van der Waals surface area contributed by atoms with E-state index < -0.39 is 0 Å². The third-order valence-electron chi connectivity index (χ3n) is 2.03. The fourth-order valence-corrected chi connectivity index (χ4v) is 1.21. The van der Waals surface area contributed by atoms with E-state index in [2.05, 4.69) is 26.9 Å². The van der Waals surface area contributed by atoms with E-state index in [9.17, 15) is 4.79 Å². The molecule has 1 heterocycles. The summed E-state index contributed by atoms with van der Waals surface area (Å²) in [5.74, 6) is 3.10. The predicted molar refractivity (Wildman–Crippen MR) is 69.2 cm³/mol. The fraction of sp³-hybridized carbons (Fsp3) is 0.333. The lowest BCUT2D eigenvalue weighted by Crippen LogP contribution is -2.41. The topological polar surface area (TPSA) is 78.7 Å². The third-order valence-corrected chi connectivity index (χ3v) is 2.03. The molecule has 3 N–H and O–H groups in total. The smallest absolute Gasteiger partial charge is 0.287 e. The summed E-state index contributed by atoms with van der Waals surface area (Å²) < 4.78 is 4.96. The van der Waals surface area contributed by atoms with Gasteiger partial charge in [0, 0.05) is 20.1 Å². The molecule has 0 aliphatic carbocycles. The summed E-state index contributed by atoms with van der Waals surface area (Å²) in [4.78, 5) is 15.4. The van der Waals surface area contributed by atoms with Crippen molar-refractivity contribution in [2.75, 3.05) is 26.7 Å². The lowest BCUT2D eigenvalue weighted by atomic mass is 10.4. The normalized spacial score (nSPS) is 10.6. The van der Waals surface area contributed by atoms with Crippen LogP contribution in [0, 0.1) is 12.3 Å². The van der Waals surface area contributed by atoms with Crippen LogP contribution in [-0.2, 0) is 0 Å². The first kappa shape index (κ1) is 13.6. The van der Waals surface area contributed by atoms with Gasteiger partial charge in [-0.15, -0.1) is 6.42 Å². The summed E-state index contributed by atoms with van der Waals surface area (Å²) in [7, 11) is 1.65. The molecule has 6 heteroatoms. The van der Waals surface area contributed by atoms with Crippen molar-refractivity contribution >= 4 is 11.9 Å². The molecule has 6 nitrogen and oxygen atoms in total. The number of carbonyl (C=O) groups is 1. The van der Waals surface area contributed by atoms with Gasteiger partial charge in [-0.25, -0.2) is 0 Å². The summed E-state index contributed by atoms with van der Waals surface area (Å²) in [6, 6.07) is 3.27. The Hall–Kier alpha value is -2.42. The predicted octanol–water partition coefficient (Wildman–Crippen LogP) is -0.192. The highest BCUT2D eigenvalue weighted by atomic mass is 16.3. The maximum atomic E-state index is 11.5. The number of aliphatic imine (C=N–C) groups is 1. The van der Waals surface area contributed by atoms with Gasteiger partial charge in [-0.2, -0.15) is 0 Å². The van der Waals surface area contributed by atoms with Crippen LogP contribution in [0.1, 0.15) is 10.6 Å². The number of terminal acetylenes is 1. The second-order valence-electron chi connectivity index (χ2n) is 3.29. The highest BCUT2D eigenvalue weighted by Crippen LogP contribution is 1.98. The molecule has 0 bridgehead atoms. The maximum absolute atomic E-state index is 11.5. The highest BCUT2D eigenvalue weighted by molar-refractivity contribution is 5.91. The van der Waals surface area contributed by atoms with Gasteiger partial charge < -0.3 is 20.4 Å². The van der Waals surface area contributed by atoms with E-state index in [1.165, 1.54) is 6.26 Å². The van der Waals surface area contributed by atoms with E-state index in [0.29, 0.717) is 31.4 Å². The van der Waals surface area contributed by atoms with Gasteiger partial charge in [-0.05, 0) is 12.1 Å². The molecule has 1 aromatic heterocycles. The van der Waals surface area contributed by atoms with E-state index in [4.69, 9.17) is 10.8 Å². The average molecular weight is 248 g/mol. The van der Waals surface area contributed by atoms with Crippen LogP contribution >= 0.6 is 0 Å². The van der Waals surface area contributed by atoms with Crippen LogP contribution in [0.2, 0.25) is 0 Å². The van der Waals surface area contributed by atoms with Crippen molar-refractivity contribution in [1.82, 2.24) is 16.0 Å². The van der Waals surface area contributed by atoms with Gasteiger partial charge in [0.2, 0.25) is 0 Å². The zero-order chi connectivity index (χ0) is 13.2. The molecule has 0 aliphatic heterocycles. The summed E-state index contributed by atoms with van der Waals surface area (Å²) in [5, 5.41) is 8.61. The van der Waals surface area contributed by atoms with Crippen molar-refractivity contribution in [2.45, 2.75) is 0 Å². The van der Waals surface area contributed by atoms with Gasteiger partial charge in [0.05, 0.1) is 12.8 Å². The Labute approximate surface area is 106 Å². The minimum atomic E-state index is -0.242. The number of carbonyl (C=O) groups excluding carboxylic acids is 1. The highest BCUT2D eigenvalue weighted by Gasteiger charge is 2.06. The zero-order valence-electron chi connectivity index (χ0n) is 10.2. The molecule has 0 radical (unpaired) electrons. The number of amides is 1.